The Hall–Kier alpha value is -2.31. The van der Waals surface area contributed by atoms with Gasteiger partial charge in [-0.05, 0) is 55.3 Å². The number of aromatic nitrogens is 2. The van der Waals surface area contributed by atoms with Gasteiger partial charge in [0, 0.05) is 23.2 Å². The summed E-state index contributed by atoms with van der Waals surface area (Å²) in [7, 11) is -4.30. The van der Waals surface area contributed by atoms with Gasteiger partial charge >= 0.3 is 7.60 Å². The normalized spacial score (nSPS) is 13.2. The first-order valence-electron chi connectivity index (χ1n) is 8.91. The molecule has 0 aliphatic rings. The summed E-state index contributed by atoms with van der Waals surface area (Å²) in [6.45, 7) is 1.51. The third-order valence-electron chi connectivity index (χ3n) is 4.23. The van der Waals surface area contributed by atoms with Crippen molar-refractivity contribution in [3.63, 3.8) is 0 Å². The van der Waals surface area contributed by atoms with Gasteiger partial charge in [0.15, 0.2) is 0 Å². The summed E-state index contributed by atoms with van der Waals surface area (Å²) < 4.78 is 31.4. The number of hydrogen-bond donors (Lipinski definition) is 1. The molecule has 0 aliphatic heterocycles. The second kappa shape index (κ2) is 9.01. The minimum Gasteiger partial charge on any atom is -0.319 e. The van der Waals surface area contributed by atoms with Crippen LogP contribution >= 0.6 is 19.2 Å². The van der Waals surface area contributed by atoms with E-state index < -0.39 is 13.1 Å². The van der Waals surface area contributed by atoms with Crippen molar-refractivity contribution in [2.75, 3.05) is 6.61 Å². The molecule has 0 amide bonds. The summed E-state index contributed by atoms with van der Waals surface area (Å²) in [6.07, 6.45) is 1.70. The molecule has 1 unspecified atom stereocenters. The summed E-state index contributed by atoms with van der Waals surface area (Å²) in [5.74, 6) is -0.362. The molecule has 6 nitrogen and oxygen atoms in total. The van der Waals surface area contributed by atoms with Gasteiger partial charge in [-0.3, -0.25) is 9.36 Å². The third-order valence-corrected chi connectivity index (χ3v) is 5.95. The topological polar surface area (TPSA) is 81.4 Å². The summed E-state index contributed by atoms with van der Waals surface area (Å²) in [5, 5.41) is 5.08. The van der Waals surface area contributed by atoms with Crippen LogP contribution in [0.25, 0.3) is 16.8 Å². The first kappa shape index (κ1) is 21.4. The molecule has 1 aromatic heterocycles. The van der Waals surface area contributed by atoms with Gasteiger partial charge in [0.2, 0.25) is 5.52 Å². The number of halogens is 2. The van der Waals surface area contributed by atoms with E-state index >= 15 is 0 Å². The maximum absolute atomic E-state index is 13.2. The zero-order chi connectivity index (χ0) is 21.0. The van der Waals surface area contributed by atoms with Gasteiger partial charge in [-0.2, -0.15) is 5.10 Å². The zero-order valence-electron chi connectivity index (χ0n) is 15.6. The van der Waals surface area contributed by atoms with Crippen molar-refractivity contribution < 1.29 is 23.2 Å². The largest absolute Gasteiger partial charge is 0.394 e. The number of benzene rings is 2. The fraction of sp³-hybridized carbons (Fsp3) is 0.200. The molecule has 0 fully saturated rings. The van der Waals surface area contributed by atoms with E-state index in [9.17, 15) is 18.6 Å². The van der Waals surface area contributed by atoms with Crippen molar-refractivity contribution in [3.05, 3.63) is 71.3 Å². The molecule has 2 aromatic carbocycles. The SMILES string of the molecule is CCOP(=O)(O)C(=O)CCc1nn(-c2ccc(F)cc2)cc1-c1ccc(Cl)cc1. The van der Waals surface area contributed by atoms with Crippen molar-refractivity contribution in [2.24, 2.45) is 0 Å². The highest BCUT2D eigenvalue weighted by Crippen LogP contribution is 2.44. The first-order chi connectivity index (χ1) is 13.8. The molecule has 3 rings (SSSR count). The highest BCUT2D eigenvalue weighted by Gasteiger charge is 2.29. The molecule has 0 spiro atoms. The van der Waals surface area contributed by atoms with E-state index in [-0.39, 0.29) is 25.3 Å². The van der Waals surface area contributed by atoms with E-state index in [4.69, 9.17) is 11.6 Å². The highest BCUT2D eigenvalue weighted by atomic mass is 35.5. The Morgan fingerprint density at radius 2 is 1.86 bits per heavy atom. The highest BCUT2D eigenvalue weighted by molar-refractivity contribution is 7.70. The van der Waals surface area contributed by atoms with E-state index in [2.05, 4.69) is 9.62 Å². The molecule has 3 aromatic rings. The fourth-order valence-corrected chi connectivity index (χ4v) is 3.82. The molecule has 0 aliphatic carbocycles. The summed E-state index contributed by atoms with van der Waals surface area (Å²) in [5.41, 5.74) is 1.89. The fourth-order valence-electron chi connectivity index (χ4n) is 2.80. The molecule has 1 N–H and O–H groups in total. The number of carbonyl (C=O) groups excluding carboxylic acids is 1. The van der Waals surface area contributed by atoms with Crippen LogP contribution < -0.4 is 0 Å². The summed E-state index contributed by atoms with van der Waals surface area (Å²) in [4.78, 5) is 21.8. The summed E-state index contributed by atoms with van der Waals surface area (Å²) in [6, 6.07) is 12.9. The minimum atomic E-state index is -4.30. The molecule has 0 radical (unpaired) electrons. The minimum absolute atomic E-state index is 0.0330. The van der Waals surface area contributed by atoms with Gasteiger partial charge in [-0.15, -0.1) is 0 Å². The average molecular weight is 437 g/mol. The third kappa shape index (κ3) is 5.19. The van der Waals surface area contributed by atoms with E-state index in [1.54, 1.807) is 42.1 Å². The van der Waals surface area contributed by atoms with Gasteiger partial charge in [0.25, 0.3) is 0 Å². The predicted molar refractivity (Wildman–Crippen MR) is 109 cm³/mol. The number of hydrogen-bond acceptors (Lipinski definition) is 4. The van der Waals surface area contributed by atoms with Crippen LogP contribution in [0.3, 0.4) is 0 Å². The van der Waals surface area contributed by atoms with Gasteiger partial charge in [0.05, 0.1) is 18.0 Å². The quantitative estimate of drug-likeness (QED) is 0.502. The molecule has 1 atom stereocenters. The lowest BCUT2D eigenvalue weighted by Gasteiger charge is -2.09. The van der Waals surface area contributed by atoms with Crippen LogP contribution in [0.1, 0.15) is 19.0 Å². The van der Waals surface area contributed by atoms with E-state index in [0.717, 1.165) is 11.1 Å². The molecular weight excluding hydrogens is 418 g/mol. The Bertz CT molecular complexity index is 1050. The molecule has 152 valence electrons. The van der Waals surface area contributed by atoms with Gasteiger partial charge in [-0.25, -0.2) is 9.07 Å². The van der Waals surface area contributed by atoms with Crippen LogP contribution in [0.2, 0.25) is 5.02 Å². The number of rotatable bonds is 8. The van der Waals surface area contributed by atoms with Gasteiger partial charge in [-0.1, -0.05) is 23.7 Å². The van der Waals surface area contributed by atoms with E-state index in [0.29, 0.717) is 16.4 Å². The van der Waals surface area contributed by atoms with Crippen LogP contribution in [-0.2, 0) is 20.3 Å². The van der Waals surface area contributed by atoms with Crippen molar-refractivity contribution in [1.82, 2.24) is 9.78 Å². The zero-order valence-corrected chi connectivity index (χ0v) is 17.2. The maximum atomic E-state index is 13.2. The Morgan fingerprint density at radius 1 is 1.21 bits per heavy atom. The lowest BCUT2D eigenvalue weighted by atomic mass is 10.0. The van der Waals surface area contributed by atoms with Crippen molar-refractivity contribution in [2.45, 2.75) is 19.8 Å². The van der Waals surface area contributed by atoms with Crippen LogP contribution in [0.4, 0.5) is 4.39 Å². The molecule has 29 heavy (non-hydrogen) atoms. The molecular formula is C20H19ClFN2O4P. The lowest BCUT2D eigenvalue weighted by Crippen LogP contribution is -2.05. The van der Waals surface area contributed by atoms with Crippen LogP contribution in [-0.4, -0.2) is 26.8 Å². The first-order valence-corrected chi connectivity index (χ1v) is 10.9. The Morgan fingerprint density at radius 3 is 2.48 bits per heavy atom. The molecule has 9 heteroatoms. The Kier molecular flexibility index (Phi) is 6.65. The predicted octanol–water partition coefficient (Wildman–Crippen LogP) is 5.01. The van der Waals surface area contributed by atoms with Gasteiger partial charge in [0.1, 0.15) is 5.82 Å². The second-order valence-electron chi connectivity index (χ2n) is 6.25. The number of nitrogens with zero attached hydrogens (tertiary/aromatic N) is 2. The average Bonchev–Trinajstić information content (AvgIpc) is 3.11. The Labute approximate surface area is 172 Å². The van der Waals surface area contributed by atoms with Crippen molar-refractivity contribution in [3.8, 4) is 16.8 Å². The molecule has 0 saturated heterocycles. The molecule has 0 saturated carbocycles. The van der Waals surface area contributed by atoms with Crippen molar-refractivity contribution >= 4 is 24.7 Å². The Balaban J connectivity index is 1.93. The van der Waals surface area contributed by atoms with Crippen LogP contribution in [0.15, 0.2) is 54.7 Å². The second-order valence-corrected chi connectivity index (χ2v) is 8.48. The van der Waals surface area contributed by atoms with E-state index in [1.807, 2.05) is 12.1 Å². The number of carbonyl (C=O) groups is 1. The number of aryl methyl sites for hydroxylation is 1. The van der Waals surface area contributed by atoms with Crippen LogP contribution in [0.5, 0.6) is 0 Å². The smallest absolute Gasteiger partial charge is 0.319 e. The molecule has 0 bridgehead atoms. The molecule has 1 heterocycles. The monoisotopic (exact) mass is 436 g/mol. The maximum Gasteiger partial charge on any atom is 0.394 e. The van der Waals surface area contributed by atoms with Crippen molar-refractivity contribution in [1.29, 1.82) is 0 Å². The van der Waals surface area contributed by atoms with Gasteiger partial charge < -0.3 is 9.42 Å². The van der Waals surface area contributed by atoms with Crippen LogP contribution in [0, 0.1) is 5.82 Å². The summed E-state index contributed by atoms with van der Waals surface area (Å²) >= 11 is 5.96. The lowest BCUT2D eigenvalue weighted by molar-refractivity contribution is -0.113. The standard InChI is InChI=1S/C20H19ClFN2O4P/c1-2-28-29(26,27)20(25)12-11-19-18(14-3-5-15(21)6-4-14)13-24(23-19)17-9-7-16(22)8-10-17/h3-10,13H,2,11-12H2,1H3,(H,26,27). The van der Waals surface area contributed by atoms with E-state index in [1.165, 1.54) is 12.1 Å².